The zero-order chi connectivity index (χ0) is 15.4. The van der Waals surface area contributed by atoms with Crippen LogP contribution in [-0.2, 0) is 16.6 Å². The molecule has 1 aromatic heterocycles. The SMILES string of the molecule is COC(=O)CSc1nnc(-c2cccc(N(C)C)c2)n1C. The normalized spacial score (nSPS) is 10.5. The van der Waals surface area contributed by atoms with Gasteiger partial charge in [-0.3, -0.25) is 4.79 Å². The Morgan fingerprint density at radius 1 is 1.38 bits per heavy atom. The van der Waals surface area contributed by atoms with Gasteiger partial charge in [0.1, 0.15) is 0 Å². The predicted octanol–water partition coefficient (Wildman–Crippen LogP) is 1.81. The van der Waals surface area contributed by atoms with Gasteiger partial charge in [0.25, 0.3) is 0 Å². The van der Waals surface area contributed by atoms with E-state index in [4.69, 9.17) is 0 Å². The Labute approximate surface area is 128 Å². The molecule has 0 aliphatic rings. The van der Waals surface area contributed by atoms with Gasteiger partial charge in [0, 0.05) is 32.4 Å². The van der Waals surface area contributed by atoms with Crippen molar-refractivity contribution in [3.05, 3.63) is 24.3 Å². The van der Waals surface area contributed by atoms with E-state index >= 15 is 0 Å². The zero-order valence-electron chi connectivity index (χ0n) is 12.5. The highest BCUT2D eigenvalue weighted by atomic mass is 32.2. The molecule has 0 aliphatic heterocycles. The van der Waals surface area contributed by atoms with E-state index in [1.54, 1.807) is 0 Å². The number of carbonyl (C=O) groups is 1. The second-order valence-corrected chi connectivity index (χ2v) is 5.62. The summed E-state index contributed by atoms with van der Waals surface area (Å²) in [5.74, 6) is 0.713. The fraction of sp³-hybridized carbons (Fsp3) is 0.357. The zero-order valence-corrected chi connectivity index (χ0v) is 13.3. The van der Waals surface area contributed by atoms with E-state index in [9.17, 15) is 4.79 Å². The minimum absolute atomic E-state index is 0.222. The minimum Gasteiger partial charge on any atom is -0.468 e. The van der Waals surface area contributed by atoms with Crippen LogP contribution in [0.4, 0.5) is 5.69 Å². The van der Waals surface area contributed by atoms with Crippen LogP contribution >= 0.6 is 11.8 Å². The summed E-state index contributed by atoms with van der Waals surface area (Å²) in [5.41, 5.74) is 2.08. The third-order valence-electron chi connectivity index (χ3n) is 3.00. The number of ether oxygens (including phenoxy) is 1. The van der Waals surface area contributed by atoms with Gasteiger partial charge in [-0.25, -0.2) is 0 Å². The maximum Gasteiger partial charge on any atom is 0.316 e. The molecule has 0 aliphatic carbocycles. The van der Waals surface area contributed by atoms with Crippen molar-refractivity contribution < 1.29 is 9.53 Å². The van der Waals surface area contributed by atoms with E-state index in [2.05, 4.69) is 21.0 Å². The Hall–Kier alpha value is -2.02. The molecule has 0 amide bonds. The number of rotatable bonds is 5. The highest BCUT2D eigenvalue weighted by Crippen LogP contribution is 2.25. The van der Waals surface area contributed by atoms with Gasteiger partial charge in [-0.05, 0) is 12.1 Å². The van der Waals surface area contributed by atoms with Gasteiger partial charge in [-0.2, -0.15) is 0 Å². The standard InChI is InChI=1S/C14H18N4O2S/c1-17(2)11-7-5-6-10(8-11)13-15-16-14(18(13)3)21-9-12(19)20-4/h5-8H,9H2,1-4H3. The van der Waals surface area contributed by atoms with E-state index in [-0.39, 0.29) is 11.7 Å². The smallest absolute Gasteiger partial charge is 0.316 e. The third-order valence-corrected chi connectivity index (χ3v) is 4.00. The molecule has 0 radical (unpaired) electrons. The molecule has 2 aromatic rings. The quantitative estimate of drug-likeness (QED) is 0.620. The Morgan fingerprint density at radius 2 is 2.14 bits per heavy atom. The summed E-state index contributed by atoms with van der Waals surface area (Å²) in [4.78, 5) is 13.2. The van der Waals surface area contributed by atoms with Crippen LogP contribution < -0.4 is 4.90 Å². The summed E-state index contributed by atoms with van der Waals surface area (Å²) < 4.78 is 6.50. The summed E-state index contributed by atoms with van der Waals surface area (Å²) in [7, 11) is 7.25. The van der Waals surface area contributed by atoms with Crippen molar-refractivity contribution in [2.24, 2.45) is 7.05 Å². The first-order valence-electron chi connectivity index (χ1n) is 6.39. The van der Waals surface area contributed by atoms with Crippen LogP contribution in [0.3, 0.4) is 0 Å². The summed E-state index contributed by atoms with van der Waals surface area (Å²) >= 11 is 1.31. The lowest BCUT2D eigenvalue weighted by atomic mass is 10.2. The Bertz CT molecular complexity index is 640. The third kappa shape index (κ3) is 3.55. The van der Waals surface area contributed by atoms with Crippen molar-refractivity contribution in [2.45, 2.75) is 5.16 Å². The predicted molar refractivity (Wildman–Crippen MR) is 83.5 cm³/mol. The van der Waals surface area contributed by atoms with E-state index < -0.39 is 0 Å². The van der Waals surface area contributed by atoms with Crippen LogP contribution in [0.5, 0.6) is 0 Å². The monoisotopic (exact) mass is 306 g/mol. The molecule has 7 heteroatoms. The van der Waals surface area contributed by atoms with Crippen molar-refractivity contribution in [3.8, 4) is 11.4 Å². The number of carbonyl (C=O) groups excluding carboxylic acids is 1. The molecule has 0 unspecified atom stereocenters. The minimum atomic E-state index is -0.279. The van der Waals surface area contributed by atoms with Crippen LogP contribution in [-0.4, -0.2) is 47.7 Å². The fourth-order valence-corrected chi connectivity index (χ4v) is 2.54. The summed E-state index contributed by atoms with van der Waals surface area (Å²) in [6.07, 6.45) is 0. The van der Waals surface area contributed by atoms with Crippen LogP contribution in [0.25, 0.3) is 11.4 Å². The summed E-state index contributed by atoms with van der Waals surface area (Å²) in [5, 5.41) is 9.02. The van der Waals surface area contributed by atoms with Gasteiger partial charge >= 0.3 is 5.97 Å². The van der Waals surface area contributed by atoms with Crippen molar-refractivity contribution in [3.63, 3.8) is 0 Å². The number of hydrogen-bond donors (Lipinski definition) is 0. The Kier molecular flexibility index (Phi) is 4.85. The molecule has 6 nitrogen and oxygen atoms in total. The number of aromatic nitrogens is 3. The molecule has 0 bridgehead atoms. The van der Waals surface area contributed by atoms with E-state index in [1.807, 2.05) is 48.8 Å². The topological polar surface area (TPSA) is 60.2 Å². The number of esters is 1. The molecular weight excluding hydrogens is 288 g/mol. The van der Waals surface area contributed by atoms with Crippen molar-refractivity contribution >= 4 is 23.4 Å². The molecule has 0 spiro atoms. The average Bonchev–Trinajstić information content (AvgIpc) is 2.86. The van der Waals surface area contributed by atoms with Gasteiger partial charge in [-0.1, -0.05) is 23.9 Å². The largest absolute Gasteiger partial charge is 0.468 e. The van der Waals surface area contributed by atoms with Crippen LogP contribution in [0.2, 0.25) is 0 Å². The molecule has 0 fully saturated rings. The van der Waals surface area contributed by atoms with Gasteiger partial charge in [0.15, 0.2) is 11.0 Å². The van der Waals surface area contributed by atoms with E-state index in [0.29, 0.717) is 5.16 Å². The van der Waals surface area contributed by atoms with Crippen LogP contribution in [0.1, 0.15) is 0 Å². The molecule has 1 aromatic carbocycles. The van der Waals surface area contributed by atoms with E-state index in [0.717, 1.165) is 17.1 Å². The van der Waals surface area contributed by atoms with E-state index in [1.165, 1.54) is 18.9 Å². The van der Waals surface area contributed by atoms with Crippen LogP contribution in [0, 0.1) is 0 Å². The first-order valence-corrected chi connectivity index (χ1v) is 7.38. The number of anilines is 1. The molecule has 112 valence electrons. The lowest BCUT2D eigenvalue weighted by Gasteiger charge is -2.13. The number of thioether (sulfide) groups is 1. The maximum absolute atomic E-state index is 11.2. The van der Waals surface area contributed by atoms with Gasteiger partial charge < -0.3 is 14.2 Å². The molecule has 0 N–H and O–H groups in total. The number of methoxy groups -OCH3 is 1. The number of hydrogen-bond acceptors (Lipinski definition) is 6. The fourth-order valence-electron chi connectivity index (χ4n) is 1.80. The second-order valence-electron chi connectivity index (χ2n) is 4.67. The van der Waals surface area contributed by atoms with Crippen molar-refractivity contribution in [1.82, 2.24) is 14.8 Å². The Balaban J connectivity index is 2.23. The second kappa shape index (κ2) is 6.62. The Morgan fingerprint density at radius 3 is 2.81 bits per heavy atom. The highest BCUT2D eigenvalue weighted by molar-refractivity contribution is 7.99. The van der Waals surface area contributed by atoms with Gasteiger partial charge in [-0.15, -0.1) is 10.2 Å². The molecule has 1 heterocycles. The molecule has 0 saturated carbocycles. The number of nitrogens with zero attached hydrogens (tertiary/aromatic N) is 4. The molecule has 0 atom stereocenters. The van der Waals surface area contributed by atoms with Crippen molar-refractivity contribution in [1.29, 1.82) is 0 Å². The molecular formula is C14H18N4O2S. The molecule has 21 heavy (non-hydrogen) atoms. The summed E-state index contributed by atoms with van der Waals surface area (Å²) in [6, 6.07) is 8.07. The lowest BCUT2D eigenvalue weighted by molar-refractivity contribution is -0.137. The van der Waals surface area contributed by atoms with Gasteiger partial charge in [0.05, 0.1) is 12.9 Å². The average molecular weight is 306 g/mol. The molecule has 0 saturated heterocycles. The highest BCUT2D eigenvalue weighted by Gasteiger charge is 2.13. The summed E-state index contributed by atoms with van der Waals surface area (Å²) in [6.45, 7) is 0. The maximum atomic E-state index is 11.2. The number of benzene rings is 1. The lowest BCUT2D eigenvalue weighted by Crippen LogP contribution is -2.08. The molecule has 2 rings (SSSR count). The van der Waals surface area contributed by atoms with Gasteiger partial charge in [0.2, 0.25) is 0 Å². The van der Waals surface area contributed by atoms with Crippen molar-refractivity contribution in [2.75, 3.05) is 31.9 Å². The first-order chi connectivity index (χ1) is 10.0. The first kappa shape index (κ1) is 15.4. The van der Waals surface area contributed by atoms with Crippen LogP contribution in [0.15, 0.2) is 29.4 Å².